The lowest BCUT2D eigenvalue weighted by atomic mass is 10.2. The van der Waals surface area contributed by atoms with Crippen LogP contribution in [0.15, 0.2) is 48.5 Å². The normalized spacial score (nSPS) is 11.8. The molecular formula is C20H27NO2. The maximum Gasteiger partial charge on any atom is 0.121 e. The van der Waals surface area contributed by atoms with E-state index in [1.165, 1.54) is 5.56 Å². The van der Waals surface area contributed by atoms with Gasteiger partial charge >= 0.3 is 0 Å². The van der Waals surface area contributed by atoms with E-state index in [4.69, 9.17) is 9.47 Å². The SMILES string of the molecule is CCCOc1cccc(NCC(C)Oc2ccc(CC)cc2)c1. The van der Waals surface area contributed by atoms with Crippen molar-refractivity contribution in [3.8, 4) is 11.5 Å². The van der Waals surface area contributed by atoms with Crippen LogP contribution in [0.1, 0.15) is 32.8 Å². The number of hydrogen-bond donors (Lipinski definition) is 1. The minimum absolute atomic E-state index is 0.0858. The molecule has 2 aromatic rings. The van der Waals surface area contributed by atoms with Crippen LogP contribution in [-0.2, 0) is 6.42 Å². The Morgan fingerprint density at radius 3 is 2.48 bits per heavy atom. The van der Waals surface area contributed by atoms with Crippen LogP contribution in [-0.4, -0.2) is 19.3 Å². The van der Waals surface area contributed by atoms with Crippen LogP contribution in [0, 0.1) is 0 Å². The highest BCUT2D eigenvalue weighted by Gasteiger charge is 2.05. The van der Waals surface area contributed by atoms with Crippen molar-refractivity contribution in [3.05, 3.63) is 54.1 Å². The smallest absolute Gasteiger partial charge is 0.121 e. The second-order valence-electron chi connectivity index (χ2n) is 5.68. The molecule has 0 amide bonds. The molecule has 124 valence electrons. The minimum atomic E-state index is 0.0858. The van der Waals surface area contributed by atoms with Crippen molar-refractivity contribution >= 4 is 5.69 Å². The first-order valence-electron chi connectivity index (χ1n) is 8.43. The molecule has 2 rings (SSSR count). The van der Waals surface area contributed by atoms with Crippen LogP contribution >= 0.6 is 0 Å². The van der Waals surface area contributed by atoms with Crippen molar-refractivity contribution in [2.45, 2.75) is 39.7 Å². The molecule has 0 spiro atoms. The summed E-state index contributed by atoms with van der Waals surface area (Å²) in [7, 11) is 0. The van der Waals surface area contributed by atoms with Crippen molar-refractivity contribution in [1.82, 2.24) is 0 Å². The summed E-state index contributed by atoms with van der Waals surface area (Å²) >= 11 is 0. The van der Waals surface area contributed by atoms with Gasteiger partial charge in [-0.05, 0) is 49.6 Å². The Kier molecular flexibility index (Phi) is 6.79. The Balaban J connectivity index is 1.82. The second kappa shape index (κ2) is 9.09. The third kappa shape index (κ3) is 5.85. The van der Waals surface area contributed by atoms with Crippen LogP contribution in [0.2, 0.25) is 0 Å². The van der Waals surface area contributed by atoms with Gasteiger partial charge in [0.1, 0.15) is 17.6 Å². The first-order valence-corrected chi connectivity index (χ1v) is 8.43. The van der Waals surface area contributed by atoms with E-state index in [0.29, 0.717) is 0 Å². The van der Waals surface area contributed by atoms with E-state index in [2.05, 4.69) is 38.2 Å². The predicted molar refractivity (Wildman–Crippen MR) is 96.6 cm³/mol. The predicted octanol–water partition coefficient (Wildman–Crippen LogP) is 4.92. The molecule has 0 saturated heterocycles. The molecule has 0 radical (unpaired) electrons. The standard InChI is InChI=1S/C20H27NO2/c1-4-13-22-20-8-6-7-18(14-20)21-15-16(3)23-19-11-9-17(5-2)10-12-19/h6-12,14,16,21H,4-5,13,15H2,1-3H3. The van der Waals surface area contributed by atoms with Gasteiger partial charge in [0, 0.05) is 11.8 Å². The molecule has 0 aliphatic carbocycles. The first kappa shape index (κ1) is 17.2. The lowest BCUT2D eigenvalue weighted by Crippen LogP contribution is -2.22. The number of rotatable bonds is 9. The van der Waals surface area contributed by atoms with Crippen molar-refractivity contribution in [1.29, 1.82) is 0 Å². The van der Waals surface area contributed by atoms with E-state index in [0.717, 1.165) is 43.2 Å². The summed E-state index contributed by atoms with van der Waals surface area (Å²) in [6, 6.07) is 16.4. The highest BCUT2D eigenvalue weighted by molar-refractivity contribution is 5.48. The first-order chi connectivity index (χ1) is 11.2. The summed E-state index contributed by atoms with van der Waals surface area (Å²) in [6.45, 7) is 7.82. The van der Waals surface area contributed by atoms with Crippen molar-refractivity contribution in [2.24, 2.45) is 0 Å². The number of benzene rings is 2. The van der Waals surface area contributed by atoms with Gasteiger partial charge in [0.25, 0.3) is 0 Å². The second-order valence-corrected chi connectivity index (χ2v) is 5.68. The number of nitrogens with one attached hydrogen (secondary N) is 1. The molecule has 1 unspecified atom stereocenters. The van der Waals surface area contributed by atoms with Gasteiger partial charge in [-0.1, -0.05) is 32.0 Å². The largest absolute Gasteiger partial charge is 0.494 e. The molecule has 1 atom stereocenters. The highest BCUT2D eigenvalue weighted by atomic mass is 16.5. The zero-order chi connectivity index (χ0) is 16.5. The molecule has 3 nitrogen and oxygen atoms in total. The van der Waals surface area contributed by atoms with Crippen LogP contribution in [0.5, 0.6) is 11.5 Å². The maximum absolute atomic E-state index is 5.94. The molecule has 0 fully saturated rings. The molecule has 0 aliphatic heterocycles. The van der Waals surface area contributed by atoms with Crippen LogP contribution in [0.25, 0.3) is 0 Å². The van der Waals surface area contributed by atoms with E-state index in [-0.39, 0.29) is 6.10 Å². The zero-order valence-electron chi connectivity index (χ0n) is 14.3. The van der Waals surface area contributed by atoms with Crippen molar-refractivity contribution < 1.29 is 9.47 Å². The van der Waals surface area contributed by atoms with E-state index >= 15 is 0 Å². The molecule has 2 aromatic carbocycles. The summed E-state index contributed by atoms with van der Waals surface area (Å²) in [4.78, 5) is 0. The fourth-order valence-electron chi connectivity index (χ4n) is 2.26. The maximum atomic E-state index is 5.94. The van der Waals surface area contributed by atoms with Crippen LogP contribution in [0.3, 0.4) is 0 Å². The van der Waals surface area contributed by atoms with Gasteiger partial charge in [0.2, 0.25) is 0 Å². The monoisotopic (exact) mass is 313 g/mol. The lowest BCUT2D eigenvalue weighted by molar-refractivity contribution is 0.234. The third-order valence-corrected chi connectivity index (χ3v) is 3.57. The van der Waals surface area contributed by atoms with E-state index in [1.807, 2.05) is 36.4 Å². The van der Waals surface area contributed by atoms with E-state index < -0.39 is 0 Å². The molecule has 0 heterocycles. The van der Waals surface area contributed by atoms with Crippen molar-refractivity contribution in [2.75, 3.05) is 18.5 Å². The summed E-state index contributed by atoms with van der Waals surface area (Å²) in [6.07, 6.45) is 2.15. The number of hydrogen-bond acceptors (Lipinski definition) is 3. The fourth-order valence-corrected chi connectivity index (χ4v) is 2.26. The molecule has 1 N–H and O–H groups in total. The van der Waals surface area contributed by atoms with Crippen LogP contribution < -0.4 is 14.8 Å². The molecule has 0 saturated carbocycles. The van der Waals surface area contributed by atoms with Gasteiger partial charge in [-0.3, -0.25) is 0 Å². The summed E-state index contributed by atoms with van der Waals surface area (Å²) in [5.74, 6) is 1.82. The minimum Gasteiger partial charge on any atom is -0.494 e. The third-order valence-electron chi connectivity index (χ3n) is 3.57. The number of ether oxygens (including phenoxy) is 2. The van der Waals surface area contributed by atoms with E-state index in [1.54, 1.807) is 0 Å². The van der Waals surface area contributed by atoms with Gasteiger partial charge in [-0.2, -0.15) is 0 Å². The van der Waals surface area contributed by atoms with Gasteiger partial charge < -0.3 is 14.8 Å². The Labute approximate surface area is 139 Å². The summed E-state index contributed by atoms with van der Waals surface area (Å²) in [5.41, 5.74) is 2.38. The quantitative estimate of drug-likeness (QED) is 0.713. The average Bonchev–Trinajstić information content (AvgIpc) is 2.59. The Bertz CT molecular complexity index is 580. The molecular weight excluding hydrogens is 286 g/mol. The van der Waals surface area contributed by atoms with Gasteiger partial charge in [0.15, 0.2) is 0 Å². The lowest BCUT2D eigenvalue weighted by Gasteiger charge is -2.17. The number of aryl methyl sites for hydroxylation is 1. The fraction of sp³-hybridized carbons (Fsp3) is 0.400. The highest BCUT2D eigenvalue weighted by Crippen LogP contribution is 2.18. The molecule has 3 heteroatoms. The average molecular weight is 313 g/mol. The van der Waals surface area contributed by atoms with Crippen molar-refractivity contribution in [3.63, 3.8) is 0 Å². The topological polar surface area (TPSA) is 30.5 Å². The number of anilines is 1. The molecule has 0 aliphatic rings. The van der Waals surface area contributed by atoms with Crippen LogP contribution in [0.4, 0.5) is 5.69 Å². The molecule has 0 bridgehead atoms. The Morgan fingerprint density at radius 2 is 1.78 bits per heavy atom. The molecule has 0 aromatic heterocycles. The Hall–Kier alpha value is -2.16. The Morgan fingerprint density at radius 1 is 1.00 bits per heavy atom. The van der Waals surface area contributed by atoms with Gasteiger partial charge in [-0.25, -0.2) is 0 Å². The summed E-state index contributed by atoms with van der Waals surface area (Å²) < 4.78 is 11.6. The van der Waals surface area contributed by atoms with Gasteiger partial charge in [0.05, 0.1) is 13.2 Å². The summed E-state index contributed by atoms with van der Waals surface area (Å²) in [5, 5.41) is 3.40. The molecule has 23 heavy (non-hydrogen) atoms. The zero-order valence-corrected chi connectivity index (χ0v) is 14.3. The van der Waals surface area contributed by atoms with E-state index in [9.17, 15) is 0 Å². The van der Waals surface area contributed by atoms with Gasteiger partial charge in [-0.15, -0.1) is 0 Å².